The zero-order valence-electron chi connectivity index (χ0n) is 34.7. The maximum absolute atomic E-state index is 12.8. The normalized spacial score (nSPS) is 16.4. The maximum Gasteiger partial charge on any atom is 0.243 e. The van der Waals surface area contributed by atoms with E-state index in [1.165, 1.54) is 51.4 Å². The molecule has 0 spiro atoms. The van der Waals surface area contributed by atoms with E-state index in [-0.39, 0.29) is 49.3 Å². The van der Waals surface area contributed by atoms with Crippen LogP contribution in [-0.2, 0) is 19.2 Å². The van der Waals surface area contributed by atoms with Crippen LogP contribution < -0.4 is 21.3 Å². The number of hydrogen-bond donors (Lipinski definition) is 4. The lowest BCUT2D eigenvalue weighted by atomic mass is 10.0. The molecule has 0 bridgehead atoms. The van der Waals surface area contributed by atoms with Gasteiger partial charge in [0.2, 0.25) is 23.6 Å². The summed E-state index contributed by atoms with van der Waals surface area (Å²) in [4.78, 5) is 55.6. The number of amides is 4. The van der Waals surface area contributed by atoms with E-state index in [0.717, 1.165) is 77.8 Å². The Labute approximate surface area is 329 Å². The van der Waals surface area contributed by atoms with E-state index in [9.17, 15) is 19.2 Å². The van der Waals surface area contributed by atoms with Crippen molar-refractivity contribution in [1.29, 1.82) is 0 Å². The lowest BCUT2D eigenvalue weighted by molar-refractivity contribution is -0.137. The second-order valence-corrected chi connectivity index (χ2v) is 14.5. The molecule has 1 heterocycles. The number of rotatable bonds is 34. The summed E-state index contributed by atoms with van der Waals surface area (Å²) >= 11 is 0. The first-order valence-corrected chi connectivity index (χ1v) is 21.5. The first-order valence-electron chi connectivity index (χ1n) is 21.5. The third-order valence-electron chi connectivity index (χ3n) is 9.79. The molecule has 10 nitrogen and oxygen atoms in total. The molecule has 0 saturated carbocycles. The highest BCUT2D eigenvalue weighted by Crippen LogP contribution is 2.09. The van der Waals surface area contributed by atoms with Crippen LogP contribution in [0.25, 0.3) is 0 Å². The second kappa shape index (κ2) is 34.3. The van der Waals surface area contributed by atoms with E-state index in [1.54, 1.807) is 0 Å². The number of piperazine rings is 1. The highest BCUT2D eigenvalue weighted by Gasteiger charge is 2.33. The van der Waals surface area contributed by atoms with Crippen LogP contribution in [0.15, 0.2) is 48.6 Å². The number of carbonyl (C=O) groups excluding carboxylic acids is 4. The summed E-state index contributed by atoms with van der Waals surface area (Å²) in [5.74, 6) is -0.891. The molecule has 0 aromatic rings. The summed E-state index contributed by atoms with van der Waals surface area (Å²) in [6, 6.07) is -1.52. The van der Waals surface area contributed by atoms with Gasteiger partial charge in [-0.2, -0.15) is 0 Å². The van der Waals surface area contributed by atoms with Gasteiger partial charge in [0, 0.05) is 65.2 Å². The predicted molar refractivity (Wildman–Crippen MR) is 225 cm³/mol. The first kappa shape index (κ1) is 48.8. The van der Waals surface area contributed by atoms with Crippen LogP contribution in [-0.4, -0.2) is 97.9 Å². The zero-order chi connectivity index (χ0) is 39.5. The monoisotopic (exact) mass is 755 g/mol. The predicted octanol–water partition coefficient (Wildman–Crippen LogP) is 7.13. The fraction of sp³-hybridized carbons (Fsp3) is 0.727. The average molecular weight is 755 g/mol. The Balaban J connectivity index is 2.42. The highest BCUT2D eigenvalue weighted by atomic mass is 16.2. The van der Waals surface area contributed by atoms with Crippen molar-refractivity contribution in [2.24, 2.45) is 0 Å². The Bertz CT molecular complexity index is 1080. The van der Waals surface area contributed by atoms with Crippen molar-refractivity contribution in [3.63, 3.8) is 0 Å². The lowest BCUT2D eigenvalue weighted by Gasteiger charge is -2.29. The van der Waals surface area contributed by atoms with Crippen LogP contribution in [0, 0.1) is 0 Å². The molecule has 0 aromatic heterocycles. The molecule has 1 saturated heterocycles. The van der Waals surface area contributed by atoms with Crippen LogP contribution in [0.4, 0.5) is 0 Å². The molecular formula is C44H78N6O4. The van der Waals surface area contributed by atoms with Gasteiger partial charge in [-0.05, 0) is 78.1 Å². The molecule has 1 fully saturated rings. The molecule has 308 valence electrons. The van der Waals surface area contributed by atoms with Crippen molar-refractivity contribution in [2.75, 3.05) is 52.4 Å². The van der Waals surface area contributed by atoms with Gasteiger partial charge >= 0.3 is 0 Å². The van der Waals surface area contributed by atoms with E-state index in [4.69, 9.17) is 0 Å². The number of unbranched alkanes of at least 4 members (excludes halogenated alkanes) is 8. The topological polar surface area (TPSA) is 123 Å². The van der Waals surface area contributed by atoms with E-state index in [2.05, 4.69) is 81.4 Å². The smallest absolute Gasteiger partial charge is 0.243 e. The molecule has 0 aromatic carbocycles. The van der Waals surface area contributed by atoms with E-state index in [0.29, 0.717) is 13.1 Å². The second-order valence-electron chi connectivity index (χ2n) is 14.5. The molecule has 0 radical (unpaired) electrons. The average Bonchev–Trinajstić information content (AvgIpc) is 3.16. The van der Waals surface area contributed by atoms with Crippen molar-refractivity contribution >= 4 is 23.6 Å². The Hall–Kier alpha value is -3.24. The Morgan fingerprint density at radius 3 is 1.28 bits per heavy atom. The van der Waals surface area contributed by atoms with Crippen LogP contribution >= 0.6 is 0 Å². The molecule has 54 heavy (non-hydrogen) atoms. The van der Waals surface area contributed by atoms with Crippen molar-refractivity contribution in [2.45, 2.75) is 155 Å². The number of hydrogen-bond acceptors (Lipinski definition) is 6. The Morgan fingerprint density at radius 1 is 0.537 bits per heavy atom. The molecule has 4 amide bonds. The quantitative estimate of drug-likeness (QED) is 0.0410. The lowest BCUT2D eigenvalue weighted by Crippen LogP contribution is -2.61. The molecule has 10 heteroatoms. The minimum absolute atomic E-state index is 0.128. The number of nitrogens with zero attached hydrogens (tertiary/aromatic N) is 2. The number of carbonyl (C=O) groups is 4. The number of allylic oxidation sites excluding steroid dienone is 4. The van der Waals surface area contributed by atoms with Crippen LogP contribution in [0.1, 0.15) is 143 Å². The van der Waals surface area contributed by atoms with Crippen molar-refractivity contribution in [3.8, 4) is 0 Å². The Kier molecular flexibility index (Phi) is 31.0. The van der Waals surface area contributed by atoms with Gasteiger partial charge in [0.05, 0.1) is 0 Å². The standard InChI is InChI=1S/C44H78N6O4/c1-5-9-13-15-17-19-21-25-35-50(36-26-22-20-18-16-14-10-6-2)38-32-46-42(52)30-28-40-44(54)47-39(43(53)48-40)27-29-41(51)45-31-37-49(33-23-11-7-3)34-24-12-8-4/h7-8,11-12,19-22,39-40H,5-6,9-10,13-18,23-38H2,1-4H3,(H,45,51)(H,46,52)(H,47,54)(H,48,53)/b11-7+,12-8+,21-19+,22-20+. The van der Waals surface area contributed by atoms with Gasteiger partial charge < -0.3 is 31.1 Å². The van der Waals surface area contributed by atoms with Gasteiger partial charge in [-0.25, -0.2) is 0 Å². The Morgan fingerprint density at radius 2 is 0.907 bits per heavy atom. The largest absolute Gasteiger partial charge is 0.355 e. The summed E-state index contributed by atoms with van der Waals surface area (Å²) in [5, 5.41) is 11.5. The maximum atomic E-state index is 12.8. The summed E-state index contributed by atoms with van der Waals surface area (Å²) < 4.78 is 0. The van der Waals surface area contributed by atoms with Gasteiger partial charge in [-0.15, -0.1) is 0 Å². The molecule has 1 rings (SSSR count). The minimum Gasteiger partial charge on any atom is -0.355 e. The molecule has 0 aliphatic carbocycles. The molecule has 2 unspecified atom stereocenters. The highest BCUT2D eigenvalue weighted by molar-refractivity contribution is 5.97. The zero-order valence-corrected chi connectivity index (χ0v) is 34.7. The SMILES string of the molecule is C/C=C/CCN(CC/C=C/C)CCNC(=O)CCC1NC(=O)C(CCC(=O)NCCN(CC/C=C/CCCCCC)CC/C=C/CCCCCC)NC1=O. The fourth-order valence-electron chi connectivity index (χ4n) is 6.40. The van der Waals surface area contributed by atoms with Gasteiger partial charge in [0.15, 0.2) is 0 Å². The van der Waals surface area contributed by atoms with Crippen LogP contribution in [0.2, 0.25) is 0 Å². The van der Waals surface area contributed by atoms with Crippen molar-refractivity contribution in [1.82, 2.24) is 31.1 Å². The minimum atomic E-state index is -0.761. The molecule has 4 N–H and O–H groups in total. The summed E-state index contributed by atoms with van der Waals surface area (Å²) in [6.45, 7) is 14.9. The number of nitrogens with one attached hydrogen (secondary N) is 4. The molecular weight excluding hydrogens is 677 g/mol. The first-order chi connectivity index (χ1) is 26.3. The van der Waals surface area contributed by atoms with Gasteiger partial charge in [-0.1, -0.05) is 101 Å². The van der Waals surface area contributed by atoms with Gasteiger partial charge in [0.25, 0.3) is 0 Å². The van der Waals surface area contributed by atoms with Crippen LogP contribution in [0.3, 0.4) is 0 Å². The molecule has 1 aliphatic heterocycles. The van der Waals surface area contributed by atoms with E-state index in [1.807, 2.05) is 26.0 Å². The molecule has 2 atom stereocenters. The van der Waals surface area contributed by atoms with E-state index >= 15 is 0 Å². The third kappa shape index (κ3) is 26.5. The van der Waals surface area contributed by atoms with Crippen molar-refractivity contribution < 1.29 is 19.2 Å². The van der Waals surface area contributed by atoms with Gasteiger partial charge in [-0.3, -0.25) is 19.2 Å². The summed E-state index contributed by atoms with van der Waals surface area (Å²) in [5.41, 5.74) is 0. The molecule has 1 aliphatic rings. The fourth-order valence-corrected chi connectivity index (χ4v) is 6.40. The van der Waals surface area contributed by atoms with Gasteiger partial charge in [0.1, 0.15) is 12.1 Å². The summed E-state index contributed by atoms with van der Waals surface area (Å²) in [6.07, 6.45) is 34.8. The third-order valence-corrected chi connectivity index (χ3v) is 9.79. The van der Waals surface area contributed by atoms with E-state index < -0.39 is 12.1 Å². The summed E-state index contributed by atoms with van der Waals surface area (Å²) in [7, 11) is 0. The van der Waals surface area contributed by atoms with Crippen molar-refractivity contribution in [3.05, 3.63) is 48.6 Å². The van der Waals surface area contributed by atoms with Crippen LogP contribution in [0.5, 0.6) is 0 Å².